The van der Waals surface area contributed by atoms with Gasteiger partial charge in [0.25, 0.3) is 0 Å². The van der Waals surface area contributed by atoms with E-state index in [1.807, 2.05) is 0 Å². The SMILES string of the molecule is C1=CC(C(c2ccccc2)c2c[nH]c3ccccc23)=CC1. The molecule has 102 valence electrons. The van der Waals surface area contributed by atoms with Crippen molar-refractivity contribution < 1.29 is 0 Å². The van der Waals surface area contributed by atoms with Gasteiger partial charge in [0.05, 0.1) is 0 Å². The summed E-state index contributed by atoms with van der Waals surface area (Å²) in [6, 6.07) is 19.3. The summed E-state index contributed by atoms with van der Waals surface area (Å²) in [5.41, 5.74) is 5.30. The van der Waals surface area contributed by atoms with Gasteiger partial charge in [-0.3, -0.25) is 0 Å². The zero-order valence-electron chi connectivity index (χ0n) is 11.8. The number of benzene rings is 2. The first-order valence-electron chi connectivity index (χ1n) is 7.41. The van der Waals surface area contributed by atoms with Crippen LogP contribution in [-0.2, 0) is 0 Å². The molecule has 0 amide bonds. The number of hydrogen-bond donors (Lipinski definition) is 1. The van der Waals surface area contributed by atoms with E-state index in [4.69, 9.17) is 0 Å². The zero-order chi connectivity index (χ0) is 14.1. The first-order valence-corrected chi connectivity index (χ1v) is 7.41. The molecular formula is C20H17N. The summed E-state index contributed by atoms with van der Waals surface area (Å²) in [5.74, 6) is 0.307. The molecule has 21 heavy (non-hydrogen) atoms. The summed E-state index contributed by atoms with van der Waals surface area (Å²) in [4.78, 5) is 3.41. The van der Waals surface area contributed by atoms with Crippen LogP contribution in [0.3, 0.4) is 0 Å². The van der Waals surface area contributed by atoms with E-state index in [9.17, 15) is 0 Å². The normalized spacial score (nSPS) is 15.3. The smallest absolute Gasteiger partial charge is 0.0457 e. The molecule has 1 aliphatic carbocycles. The van der Waals surface area contributed by atoms with Crippen LogP contribution >= 0.6 is 0 Å². The Kier molecular flexibility index (Phi) is 2.97. The molecule has 0 fully saturated rings. The molecule has 0 saturated carbocycles. The fourth-order valence-electron chi connectivity index (χ4n) is 3.22. The Morgan fingerprint density at radius 3 is 2.52 bits per heavy atom. The highest BCUT2D eigenvalue weighted by Gasteiger charge is 2.21. The fourth-order valence-corrected chi connectivity index (χ4v) is 3.22. The number of aromatic nitrogens is 1. The Hall–Kier alpha value is -2.54. The second kappa shape index (κ2) is 5.10. The average Bonchev–Trinajstić information content (AvgIpc) is 3.20. The van der Waals surface area contributed by atoms with Crippen molar-refractivity contribution in [3.05, 3.63) is 95.7 Å². The molecule has 0 aliphatic heterocycles. The van der Waals surface area contributed by atoms with Crippen LogP contribution in [0.1, 0.15) is 23.5 Å². The maximum atomic E-state index is 3.41. The minimum Gasteiger partial charge on any atom is -0.361 e. The van der Waals surface area contributed by atoms with E-state index in [1.54, 1.807) is 0 Å². The number of H-pyrrole nitrogens is 1. The van der Waals surface area contributed by atoms with Gasteiger partial charge >= 0.3 is 0 Å². The summed E-state index contributed by atoms with van der Waals surface area (Å²) >= 11 is 0. The largest absolute Gasteiger partial charge is 0.361 e. The third-order valence-corrected chi connectivity index (χ3v) is 4.20. The first-order chi connectivity index (χ1) is 10.4. The lowest BCUT2D eigenvalue weighted by molar-refractivity contribution is 0.989. The molecule has 3 aromatic rings. The maximum absolute atomic E-state index is 3.41. The van der Waals surface area contributed by atoms with Gasteiger partial charge in [-0.1, -0.05) is 66.8 Å². The Bertz CT molecular complexity index is 821. The lowest BCUT2D eigenvalue weighted by atomic mass is 9.85. The van der Waals surface area contributed by atoms with Crippen LogP contribution in [0.2, 0.25) is 0 Å². The topological polar surface area (TPSA) is 15.8 Å². The van der Waals surface area contributed by atoms with Gasteiger partial charge in [-0.25, -0.2) is 0 Å². The number of fused-ring (bicyclic) bond motifs is 1. The number of nitrogens with one attached hydrogen (secondary N) is 1. The highest BCUT2D eigenvalue weighted by Crippen LogP contribution is 2.38. The van der Waals surface area contributed by atoms with Gasteiger partial charge in [-0.15, -0.1) is 0 Å². The number of aromatic amines is 1. The van der Waals surface area contributed by atoms with Crippen LogP contribution < -0.4 is 0 Å². The molecule has 0 bridgehead atoms. The van der Waals surface area contributed by atoms with Crippen molar-refractivity contribution in [2.75, 3.05) is 0 Å². The van der Waals surface area contributed by atoms with Crippen molar-refractivity contribution in [2.45, 2.75) is 12.3 Å². The second-order valence-corrected chi connectivity index (χ2v) is 5.48. The van der Waals surface area contributed by atoms with Gasteiger partial charge in [-0.05, 0) is 29.2 Å². The predicted molar refractivity (Wildman–Crippen MR) is 88.4 cm³/mol. The minimum absolute atomic E-state index is 0.307. The lowest BCUT2D eigenvalue weighted by Crippen LogP contribution is -2.02. The van der Waals surface area contributed by atoms with Crippen molar-refractivity contribution in [1.82, 2.24) is 4.98 Å². The molecule has 0 radical (unpaired) electrons. The molecule has 1 heterocycles. The van der Waals surface area contributed by atoms with E-state index in [0.717, 1.165) is 6.42 Å². The summed E-state index contributed by atoms with van der Waals surface area (Å²) < 4.78 is 0. The molecule has 1 aromatic heterocycles. The quantitative estimate of drug-likeness (QED) is 0.675. The van der Waals surface area contributed by atoms with Crippen LogP contribution in [0.5, 0.6) is 0 Å². The van der Waals surface area contributed by atoms with E-state index >= 15 is 0 Å². The average molecular weight is 271 g/mol. The summed E-state index contributed by atoms with van der Waals surface area (Å²) in [5, 5.41) is 1.31. The Morgan fingerprint density at radius 2 is 1.71 bits per heavy atom. The second-order valence-electron chi connectivity index (χ2n) is 5.48. The number of rotatable bonds is 3. The maximum Gasteiger partial charge on any atom is 0.0457 e. The number of para-hydroxylation sites is 1. The summed E-state index contributed by atoms with van der Waals surface area (Å²) in [7, 11) is 0. The molecule has 4 rings (SSSR count). The highest BCUT2D eigenvalue weighted by molar-refractivity contribution is 5.85. The Balaban J connectivity index is 1.92. The van der Waals surface area contributed by atoms with E-state index in [0.29, 0.717) is 5.92 Å². The van der Waals surface area contributed by atoms with E-state index in [2.05, 4.69) is 84.0 Å². The van der Waals surface area contributed by atoms with Crippen molar-refractivity contribution in [3.63, 3.8) is 0 Å². The predicted octanol–water partition coefficient (Wildman–Crippen LogP) is 5.19. The Morgan fingerprint density at radius 1 is 0.905 bits per heavy atom. The molecule has 1 nitrogen and oxygen atoms in total. The third kappa shape index (κ3) is 2.11. The van der Waals surface area contributed by atoms with E-state index < -0.39 is 0 Å². The van der Waals surface area contributed by atoms with Gasteiger partial charge in [0.15, 0.2) is 0 Å². The molecule has 1 atom stereocenters. The van der Waals surface area contributed by atoms with Crippen LogP contribution in [0.25, 0.3) is 10.9 Å². The standard InChI is InChI=1S/C20H17N/c1-2-8-15(9-3-1)20(16-10-4-5-11-16)18-14-21-19-13-7-6-12-17(18)19/h1-4,6-14,20-21H,5H2. The molecule has 1 unspecified atom stereocenters. The van der Waals surface area contributed by atoms with Crippen molar-refractivity contribution in [2.24, 2.45) is 0 Å². The fraction of sp³-hybridized carbons (Fsp3) is 0.100. The molecule has 1 heteroatoms. The molecule has 0 spiro atoms. The lowest BCUT2D eigenvalue weighted by Gasteiger charge is -2.18. The van der Waals surface area contributed by atoms with Crippen LogP contribution in [0.15, 0.2) is 84.6 Å². The minimum atomic E-state index is 0.307. The summed E-state index contributed by atoms with van der Waals surface area (Å²) in [6.45, 7) is 0. The number of allylic oxidation sites excluding steroid dienone is 4. The van der Waals surface area contributed by atoms with E-state index in [-0.39, 0.29) is 0 Å². The van der Waals surface area contributed by atoms with Crippen LogP contribution in [0.4, 0.5) is 0 Å². The van der Waals surface area contributed by atoms with E-state index in [1.165, 1.54) is 27.6 Å². The van der Waals surface area contributed by atoms with Crippen LogP contribution in [-0.4, -0.2) is 4.98 Å². The van der Waals surface area contributed by atoms with Gasteiger partial charge < -0.3 is 4.98 Å². The number of hydrogen-bond acceptors (Lipinski definition) is 0. The van der Waals surface area contributed by atoms with Gasteiger partial charge in [0.2, 0.25) is 0 Å². The van der Waals surface area contributed by atoms with Crippen molar-refractivity contribution in [3.8, 4) is 0 Å². The molecule has 1 N–H and O–H groups in total. The van der Waals surface area contributed by atoms with Gasteiger partial charge in [0.1, 0.15) is 0 Å². The van der Waals surface area contributed by atoms with Gasteiger partial charge in [-0.2, -0.15) is 0 Å². The van der Waals surface area contributed by atoms with Crippen molar-refractivity contribution >= 4 is 10.9 Å². The van der Waals surface area contributed by atoms with Crippen LogP contribution in [0, 0.1) is 0 Å². The van der Waals surface area contributed by atoms with Crippen molar-refractivity contribution in [1.29, 1.82) is 0 Å². The molecular weight excluding hydrogens is 254 g/mol. The van der Waals surface area contributed by atoms with Gasteiger partial charge in [0, 0.05) is 23.0 Å². The molecule has 0 saturated heterocycles. The molecule has 1 aliphatic rings. The third-order valence-electron chi connectivity index (χ3n) is 4.20. The first kappa shape index (κ1) is 12.2. The monoisotopic (exact) mass is 271 g/mol. The Labute approximate surface area is 124 Å². The zero-order valence-corrected chi connectivity index (χ0v) is 11.8. The highest BCUT2D eigenvalue weighted by atomic mass is 14.7. The molecule has 2 aromatic carbocycles. The summed E-state index contributed by atoms with van der Waals surface area (Å²) in [6.07, 6.45) is 10.0.